The van der Waals surface area contributed by atoms with Crippen molar-refractivity contribution < 1.29 is 23.4 Å². The van der Waals surface area contributed by atoms with Crippen LogP contribution in [-0.2, 0) is 15.0 Å². The van der Waals surface area contributed by atoms with Gasteiger partial charge in [0.05, 0.1) is 6.10 Å². The Morgan fingerprint density at radius 3 is 2.67 bits per heavy atom. The summed E-state index contributed by atoms with van der Waals surface area (Å²) < 4.78 is 26.0. The van der Waals surface area contributed by atoms with Crippen LogP contribution in [0.1, 0.15) is 13.3 Å². The summed E-state index contributed by atoms with van der Waals surface area (Å²) in [6.07, 6.45) is -0.987. The topological polar surface area (TPSA) is 107 Å². The number of nitrogens with one attached hydrogen (secondary N) is 1. The number of hydrogen-bond acceptors (Lipinski definition) is 4. The summed E-state index contributed by atoms with van der Waals surface area (Å²) in [6, 6.07) is -1.18. The molecule has 0 aliphatic carbocycles. The van der Waals surface area contributed by atoms with Crippen molar-refractivity contribution in [3.63, 3.8) is 0 Å². The third kappa shape index (κ3) is 2.65. The maximum Gasteiger partial charge on any atom is 0.322 e. The maximum absolute atomic E-state index is 11.5. The van der Waals surface area contributed by atoms with Crippen LogP contribution in [-0.4, -0.2) is 54.1 Å². The maximum atomic E-state index is 11.5. The zero-order valence-electron chi connectivity index (χ0n) is 8.25. The number of aliphatic hydroxyl groups excluding tert-OH is 1. The largest absolute Gasteiger partial charge is 0.480 e. The summed E-state index contributed by atoms with van der Waals surface area (Å²) in [4.78, 5) is 10.8. The van der Waals surface area contributed by atoms with Gasteiger partial charge >= 0.3 is 5.97 Å². The molecule has 0 bridgehead atoms. The third-order valence-electron chi connectivity index (χ3n) is 2.15. The highest BCUT2D eigenvalue weighted by molar-refractivity contribution is 7.87. The number of carboxylic acid groups (broad SMARTS) is 1. The van der Waals surface area contributed by atoms with Crippen LogP contribution >= 0.6 is 0 Å². The van der Waals surface area contributed by atoms with Crippen LogP contribution in [0.5, 0.6) is 0 Å². The first-order valence-corrected chi connectivity index (χ1v) is 5.99. The fourth-order valence-electron chi connectivity index (χ4n) is 1.54. The van der Waals surface area contributed by atoms with E-state index in [2.05, 4.69) is 4.72 Å². The second-order valence-corrected chi connectivity index (χ2v) is 5.02. The molecule has 1 aliphatic heterocycles. The van der Waals surface area contributed by atoms with Crippen LogP contribution in [0.4, 0.5) is 0 Å². The minimum atomic E-state index is -3.79. The smallest absolute Gasteiger partial charge is 0.322 e. The molecule has 1 rings (SSSR count). The van der Waals surface area contributed by atoms with E-state index in [1.807, 2.05) is 0 Å². The van der Waals surface area contributed by atoms with E-state index in [0.717, 1.165) is 4.31 Å². The number of aliphatic hydroxyl groups is 1. The molecular weight excluding hydrogens is 224 g/mol. The fourth-order valence-corrected chi connectivity index (χ4v) is 2.95. The predicted octanol–water partition coefficient (Wildman–Crippen LogP) is -1.64. The zero-order chi connectivity index (χ0) is 11.6. The van der Waals surface area contributed by atoms with Crippen molar-refractivity contribution in [2.75, 3.05) is 13.1 Å². The highest BCUT2D eigenvalue weighted by atomic mass is 32.2. The Kier molecular flexibility index (Phi) is 3.66. The molecule has 1 heterocycles. The van der Waals surface area contributed by atoms with Crippen molar-refractivity contribution in [2.45, 2.75) is 25.5 Å². The fraction of sp³-hybridized carbons (Fsp3) is 0.857. The normalized spacial score (nSPS) is 28.1. The summed E-state index contributed by atoms with van der Waals surface area (Å²) >= 11 is 0. The molecule has 0 aromatic rings. The summed E-state index contributed by atoms with van der Waals surface area (Å²) in [5, 5.41) is 18.0. The van der Waals surface area contributed by atoms with Gasteiger partial charge < -0.3 is 10.2 Å². The number of β-amino-alcohol motifs (C(OH)–C–C–N with tert-alkyl or cyclic N) is 1. The molecule has 88 valence electrons. The van der Waals surface area contributed by atoms with Crippen molar-refractivity contribution in [2.24, 2.45) is 0 Å². The number of aliphatic carboxylic acids is 1. The lowest BCUT2D eigenvalue weighted by atomic mass is 10.2. The van der Waals surface area contributed by atoms with E-state index in [1.165, 1.54) is 0 Å². The molecule has 0 amide bonds. The molecular formula is C7H14N2O5S. The Morgan fingerprint density at radius 2 is 2.20 bits per heavy atom. The van der Waals surface area contributed by atoms with Gasteiger partial charge in [-0.3, -0.25) is 4.79 Å². The van der Waals surface area contributed by atoms with Crippen LogP contribution in [0.2, 0.25) is 0 Å². The van der Waals surface area contributed by atoms with E-state index in [9.17, 15) is 18.3 Å². The highest BCUT2D eigenvalue weighted by Crippen LogP contribution is 2.20. The SMILES string of the molecule is CCNS(=O)(=O)N1CC(O)C[C@H]1C(=O)O. The van der Waals surface area contributed by atoms with E-state index >= 15 is 0 Å². The molecule has 0 saturated carbocycles. The minimum absolute atomic E-state index is 0.0695. The molecule has 7 nitrogen and oxygen atoms in total. The lowest BCUT2D eigenvalue weighted by molar-refractivity contribution is -0.140. The number of nitrogens with zero attached hydrogens (tertiary/aromatic N) is 1. The van der Waals surface area contributed by atoms with Crippen molar-refractivity contribution in [3.8, 4) is 0 Å². The average Bonchev–Trinajstić information content (AvgIpc) is 2.47. The van der Waals surface area contributed by atoms with Crippen molar-refractivity contribution >= 4 is 16.2 Å². The Morgan fingerprint density at radius 1 is 1.60 bits per heavy atom. The number of rotatable bonds is 4. The van der Waals surface area contributed by atoms with Gasteiger partial charge in [-0.2, -0.15) is 12.7 Å². The average molecular weight is 238 g/mol. The van der Waals surface area contributed by atoms with E-state index in [4.69, 9.17) is 5.11 Å². The molecule has 1 saturated heterocycles. The van der Waals surface area contributed by atoms with E-state index in [1.54, 1.807) is 6.92 Å². The van der Waals surface area contributed by atoms with E-state index in [0.29, 0.717) is 0 Å². The van der Waals surface area contributed by atoms with Gasteiger partial charge in [-0.05, 0) is 0 Å². The number of hydrogen-bond donors (Lipinski definition) is 3. The van der Waals surface area contributed by atoms with Gasteiger partial charge in [-0.25, -0.2) is 4.72 Å². The quantitative estimate of drug-likeness (QED) is 0.544. The van der Waals surface area contributed by atoms with Gasteiger partial charge in [0.15, 0.2) is 0 Å². The van der Waals surface area contributed by atoms with Crippen LogP contribution in [0.3, 0.4) is 0 Å². The predicted molar refractivity (Wildman–Crippen MR) is 51.4 cm³/mol. The summed E-state index contributed by atoms with van der Waals surface area (Å²) in [6.45, 7) is 1.60. The Bertz CT molecular complexity index is 341. The molecule has 8 heteroatoms. The van der Waals surface area contributed by atoms with Gasteiger partial charge in [0.2, 0.25) is 0 Å². The lowest BCUT2D eigenvalue weighted by Crippen LogP contribution is -2.46. The highest BCUT2D eigenvalue weighted by Gasteiger charge is 2.42. The first-order valence-electron chi connectivity index (χ1n) is 4.55. The van der Waals surface area contributed by atoms with Crippen molar-refractivity contribution in [1.29, 1.82) is 0 Å². The van der Waals surface area contributed by atoms with Gasteiger partial charge in [-0.1, -0.05) is 6.92 Å². The van der Waals surface area contributed by atoms with Crippen LogP contribution in [0.15, 0.2) is 0 Å². The van der Waals surface area contributed by atoms with Crippen molar-refractivity contribution in [1.82, 2.24) is 9.03 Å². The second-order valence-electron chi connectivity index (χ2n) is 3.32. The lowest BCUT2D eigenvalue weighted by Gasteiger charge is -2.20. The van der Waals surface area contributed by atoms with Gasteiger partial charge in [0.25, 0.3) is 10.2 Å². The standard InChI is InChI=1S/C7H14N2O5S/c1-2-8-15(13,14)9-4-5(10)3-6(9)7(11)12/h5-6,8,10H,2-4H2,1H3,(H,11,12)/t5?,6-/m0/s1. The Balaban J connectivity index is 2.88. The molecule has 0 spiro atoms. The molecule has 1 unspecified atom stereocenters. The van der Waals surface area contributed by atoms with E-state index in [-0.39, 0.29) is 19.5 Å². The van der Waals surface area contributed by atoms with Gasteiger partial charge in [-0.15, -0.1) is 0 Å². The third-order valence-corrected chi connectivity index (χ3v) is 3.83. The monoisotopic (exact) mass is 238 g/mol. The van der Waals surface area contributed by atoms with Crippen LogP contribution in [0.25, 0.3) is 0 Å². The first-order chi connectivity index (χ1) is 6.88. The van der Waals surface area contributed by atoms with Crippen molar-refractivity contribution in [3.05, 3.63) is 0 Å². The Labute approximate surface area is 87.9 Å². The van der Waals surface area contributed by atoms with Gasteiger partial charge in [0, 0.05) is 19.5 Å². The van der Waals surface area contributed by atoms with Gasteiger partial charge in [0.1, 0.15) is 6.04 Å². The number of carboxylic acids is 1. The molecule has 0 radical (unpaired) electrons. The molecule has 15 heavy (non-hydrogen) atoms. The minimum Gasteiger partial charge on any atom is -0.480 e. The zero-order valence-corrected chi connectivity index (χ0v) is 9.07. The summed E-state index contributed by atoms with van der Waals surface area (Å²) in [5.74, 6) is -1.24. The summed E-state index contributed by atoms with van der Waals surface area (Å²) in [5.41, 5.74) is 0. The molecule has 0 aromatic carbocycles. The molecule has 0 aromatic heterocycles. The number of carbonyl (C=O) groups is 1. The second kappa shape index (κ2) is 4.44. The van der Waals surface area contributed by atoms with Crippen LogP contribution in [0, 0.1) is 0 Å². The Hall–Kier alpha value is -0.700. The van der Waals surface area contributed by atoms with Crippen LogP contribution < -0.4 is 4.72 Å². The van der Waals surface area contributed by atoms with E-state index < -0.39 is 28.3 Å². The molecule has 2 atom stereocenters. The summed E-state index contributed by atoms with van der Waals surface area (Å²) in [7, 11) is -3.79. The molecule has 1 aliphatic rings. The molecule has 3 N–H and O–H groups in total. The molecule has 1 fully saturated rings. The first kappa shape index (κ1) is 12.4.